The highest BCUT2D eigenvalue weighted by Crippen LogP contribution is 2.19. The van der Waals surface area contributed by atoms with Gasteiger partial charge in [-0.15, -0.1) is 0 Å². The molecule has 1 aromatic carbocycles. The van der Waals surface area contributed by atoms with Gasteiger partial charge in [0.05, 0.1) is 0 Å². The molecule has 0 atom stereocenters. The second kappa shape index (κ2) is 5.57. The van der Waals surface area contributed by atoms with E-state index in [0.717, 1.165) is 11.3 Å². The van der Waals surface area contributed by atoms with E-state index in [-0.39, 0.29) is 0 Å². The molecule has 0 fully saturated rings. The Morgan fingerprint density at radius 3 is 2.70 bits per heavy atom. The number of aromatic nitrogens is 2. The van der Waals surface area contributed by atoms with Crippen LogP contribution in [0.25, 0.3) is 11.5 Å². The van der Waals surface area contributed by atoms with Crippen LogP contribution >= 0.6 is 0 Å². The van der Waals surface area contributed by atoms with Gasteiger partial charge < -0.3 is 9.15 Å². The number of pyridine rings is 1. The van der Waals surface area contributed by atoms with Crippen molar-refractivity contribution in [1.82, 2.24) is 9.97 Å². The third kappa shape index (κ3) is 2.85. The predicted octanol–water partition coefficient (Wildman–Crippen LogP) is 3.62. The first-order valence-corrected chi connectivity index (χ1v) is 6.36. The SMILES string of the molecule is Cc1ccc(-c2nc(COc3ccccn3)co2)cc1. The zero-order valence-corrected chi connectivity index (χ0v) is 11.1. The lowest BCUT2D eigenvalue weighted by atomic mass is 10.1. The van der Waals surface area contributed by atoms with Gasteiger partial charge in [0.25, 0.3) is 0 Å². The van der Waals surface area contributed by atoms with Crippen LogP contribution < -0.4 is 4.74 Å². The molecule has 3 aromatic rings. The van der Waals surface area contributed by atoms with E-state index in [1.54, 1.807) is 18.5 Å². The van der Waals surface area contributed by atoms with Crippen molar-refractivity contribution in [1.29, 1.82) is 0 Å². The van der Waals surface area contributed by atoms with Crippen molar-refractivity contribution in [2.24, 2.45) is 0 Å². The molecule has 2 heterocycles. The third-order valence-electron chi connectivity index (χ3n) is 2.86. The molecule has 4 heteroatoms. The quantitative estimate of drug-likeness (QED) is 0.723. The molecule has 0 aliphatic heterocycles. The molecule has 20 heavy (non-hydrogen) atoms. The summed E-state index contributed by atoms with van der Waals surface area (Å²) in [5.41, 5.74) is 2.91. The highest BCUT2D eigenvalue weighted by Gasteiger charge is 2.07. The normalized spacial score (nSPS) is 10.4. The largest absolute Gasteiger partial charge is 0.471 e. The van der Waals surface area contributed by atoms with Crippen molar-refractivity contribution in [3.05, 3.63) is 66.2 Å². The van der Waals surface area contributed by atoms with Crippen LogP contribution in [0.1, 0.15) is 11.3 Å². The molecule has 100 valence electrons. The van der Waals surface area contributed by atoms with E-state index in [0.29, 0.717) is 18.4 Å². The Morgan fingerprint density at radius 2 is 1.95 bits per heavy atom. The molecule has 0 aliphatic rings. The molecule has 0 saturated carbocycles. The topological polar surface area (TPSA) is 48.2 Å². The maximum Gasteiger partial charge on any atom is 0.226 e. The van der Waals surface area contributed by atoms with E-state index in [1.165, 1.54) is 5.56 Å². The van der Waals surface area contributed by atoms with Gasteiger partial charge in [-0.25, -0.2) is 9.97 Å². The molecule has 0 unspecified atom stereocenters. The van der Waals surface area contributed by atoms with E-state index in [4.69, 9.17) is 9.15 Å². The highest BCUT2D eigenvalue weighted by atomic mass is 16.5. The van der Waals surface area contributed by atoms with Crippen molar-refractivity contribution in [2.45, 2.75) is 13.5 Å². The molecule has 0 saturated heterocycles. The van der Waals surface area contributed by atoms with Gasteiger partial charge in [0.15, 0.2) is 0 Å². The maximum absolute atomic E-state index is 5.53. The van der Waals surface area contributed by atoms with Crippen molar-refractivity contribution in [3.8, 4) is 17.3 Å². The van der Waals surface area contributed by atoms with Crippen molar-refractivity contribution < 1.29 is 9.15 Å². The first-order valence-electron chi connectivity index (χ1n) is 6.36. The van der Waals surface area contributed by atoms with E-state index >= 15 is 0 Å². The van der Waals surface area contributed by atoms with Crippen LogP contribution in [0.5, 0.6) is 5.88 Å². The van der Waals surface area contributed by atoms with Gasteiger partial charge in [-0.05, 0) is 25.1 Å². The van der Waals surface area contributed by atoms with Crippen molar-refractivity contribution >= 4 is 0 Å². The molecule has 2 aromatic heterocycles. The standard InChI is InChI=1S/C16H14N2O2/c1-12-5-7-13(8-6-12)16-18-14(11-20-16)10-19-15-4-2-3-9-17-15/h2-9,11H,10H2,1H3. The zero-order valence-electron chi connectivity index (χ0n) is 11.1. The number of hydrogen-bond acceptors (Lipinski definition) is 4. The fourth-order valence-electron chi connectivity index (χ4n) is 1.78. The minimum atomic E-state index is 0.340. The average Bonchev–Trinajstić information content (AvgIpc) is 2.96. The van der Waals surface area contributed by atoms with Crippen molar-refractivity contribution in [2.75, 3.05) is 0 Å². The molecule has 0 amide bonds. The molecular formula is C16H14N2O2. The average molecular weight is 266 g/mol. The summed E-state index contributed by atoms with van der Waals surface area (Å²) in [6.45, 7) is 2.39. The smallest absolute Gasteiger partial charge is 0.226 e. The summed E-state index contributed by atoms with van der Waals surface area (Å²) in [6.07, 6.45) is 3.30. The molecule has 0 spiro atoms. The van der Waals surface area contributed by atoms with Gasteiger partial charge in [0.1, 0.15) is 18.6 Å². The molecule has 0 bridgehead atoms. The molecular weight excluding hydrogens is 252 g/mol. The summed E-state index contributed by atoms with van der Waals surface area (Å²) < 4.78 is 11.0. The van der Waals surface area contributed by atoms with Gasteiger partial charge in [-0.2, -0.15) is 0 Å². The molecule has 4 nitrogen and oxygen atoms in total. The number of hydrogen-bond donors (Lipinski definition) is 0. The molecule has 0 aliphatic carbocycles. The first-order chi connectivity index (χ1) is 9.81. The van der Waals surface area contributed by atoms with Crippen LogP contribution in [-0.2, 0) is 6.61 Å². The Balaban J connectivity index is 1.69. The number of ether oxygens (including phenoxy) is 1. The summed E-state index contributed by atoms with van der Waals surface area (Å²) in [5, 5.41) is 0. The molecule has 0 radical (unpaired) electrons. The van der Waals surface area contributed by atoms with Crippen LogP contribution in [0.2, 0.25) is 0 Å². The fraction of sp³-hybridized carbons (Fsp3) is 0.125. The lowest BCUT2D eigenvalue weighted by Crippen LogP contribution is -1.97. The monoisotopic (exact) mass is 266 g/mol. The van der Waals surface area contributed by atoms with Crippen LogP contribution in [0.3, 0.4) is 0 Å². The van der Waals surface area contributed by atoms with Gasteiger partial charge in [0.2, 0.25) is 11.8 Å². The molecule has 3 rings (SSSR count). The second-order valence-electron chi connectivity index (χ2n) is 4.47. The fourth-order valence-corrected chi connectivity index (χ4v) is 1.78. The summed E-state index contributed by atoms with van der Waals surface area (Å²) >= 11 is 0. The Bertz CT molecular complexity index is 675. The minimum Gasteiger partial charge on any atom is -0.471 e. The summed E-state index contributed by atoms with van der Waals surface area (Å²) in [4.78, 5) is 8.49. The Hall–Kier alpha value is -2.62. The van der Waals surface area contributed by atoms with E-state index in [1.807, 2.05) is 43.3 Å². The maximum atomic E-state index is 5.53. The summed E-state index contributed by atoms with van der Waals surface area (Å²) in [6, 6.07) is 13.6. The van der Waals surface area contributed by atoms with Crippen LogP contribution in [0.4, 0.5) is 0 Å². The van der Waals surface area contributed by atoms with Gasteiger partial charge in [-0.3, -0.25) is 0 Å². The van der Waals surface area contributed by atoms with Crippen LogP contribution in [-0.4, -0.2) is 9.97 Å². The van der Waals surface area contributed by atoms with Gasteiger partial charge in [-0.1, -0.05) is 23.8 Å². The summed E-state index contributed by atoms with van der Waals surface area (Å²) in [7, 11) is 0. The lowest BCUT2D eigenvalue weighted by Gasteiger charge is -2.00. The Labute approximate surface area is 117 Å². The van der Waals surface area contributed by atoms with E-state index < -0.39 is 0 Å². The van der Waals surface area contributed by atoms with E-state index in [9.17, 15) is 0 Å². The van der Waals surface area contributed by atoms with Gasteiger partial charge >= 0.3 is 0 Å². The number of rotatable bonds is 4. The molecule has 0 N–H and O–H groups in total. The van der Waals surface area contributed by atoms with Crippen LogP contribution in [0, 0.1) is 6.92 Å². The third-order valence-corrected chi connectivity index (χ3v) is 2.86. The Morgan fingerprint density at radius 1 is 1.10 bits per heavy atom. The zero-order chi connectivity index (χ0) is 13.8. The van der Waals surface area contributed by atoms with Crippen molar-refractivity contribution in [3.63, 3.8) is 0 Å². The number of aryl methyl sites for hydroxylation is 1. The number of oxazole rings is 1. The second-order valence-corrected chi connectivity index (χ2v) is 4.47. The number of nitrogens with zero attached hydrogens (tertiary/aromatic N) is 2. The first kappa shape index (κ1) is 12.4. The minimum absolute atomic E-state index is 0.340. The van der Waals surface area contributed by atoms with Crippen LogP contribution in [0.15, 0.2) is 59.3 Å². The Kier molecular flexibility index (Phi) is 3.46. The van der Waals surface area contributed by atoms with E-state index in [2.05, 4.69) is 9.97 Å². The lowest BCUT2D eigenvalue weighted by molar-refractivity contribution is 0.289. The predicted molar refractivity (Wildman–Crippen MR) is 75.2 cm³/mol. The summed E-state index contributed by atoms with van der Waals surface area (Å²) in [5.74, 6) is 1.18. The van der Waals surface area contributed by atoms with Gasteiger partial charge in [0, 0.05) is 17.8 Å². The number of benzene rings is 1. The highest BCUT2D eigenvalue weighted by molar-refractivity contribution is 5.53.